The quantitative estimate of drug-likeness (QED) is 0.148. The topological polar surface area (TPSA) is 82.3 Å². The molecule has 40 heavy (non-hydrogen) atoms. The standard InChI is InChI=1S/C34H34N4O2/c39-33(37-27-13-15-31-25(21-27)19-23-9-3-5-11-29(23)31)35-17-7-1-2-8-18-36-34(40)38-28-14-16-32-26(22-28)20-24-10-4-6-12-30(24)32/h3-6,9-16,21-22H,1-2,7-8,17-20H2,(H2,35,37,39)(H2,36,38,40). The number of carbonyl (C=O) groups is 2. The number of fused-ring (bicyclic) bond motifs is 6. The smallest absolute Gasteiger partial charge is 0.319 e. The number of anilines is 2. The molecule has 6 heteroatoms. The Morgan fingerprint density at radius 3 is 1.40 bits per heavy atom. The normalized spacial score (nSPS) is 12.1. The van der Waals surface area contributed by atoms with Crippen molar-refractivity contribution in [2.75, 3.05) is 23.7 Å². The molecular formula is C34H34N4O2. The minimum atomic E-state index is -0.177. The van der Waals surface area contributed by atoms with E-state index < -0.39 is 0 Å². The van der Waals surface area contributed by atoms with Crippen molar-refractivity contribution in [3.8, 4) is 22.3 Å². The summed E-state index contributed by atoms with van der Waals surface area (Å²) in [6.45, 7) is 1.25. The van der Waals surface area contributed by atoms with E-state index in [1.807, 2.05) is 12.1 Å². The number of hydrogen-bond acceptors (Lipinski definition) is 2. The van der Waals surface area contributed by atoms with E-state index in [0.29, 0.717) is 13.1 Å². The second-order valence-corrected chi connectivity index (χ2v) is 10.6. The molecular weight excluding hydrogens is 496 g/mol. The highest BCUT2D eigenvalue weighted by atomic mass is 16.2. The highest BCUT2D eigenvalue weighted by Crippen LogP contribution is 2.38. The molecule has 4 N–H and O–H groups in total. The summed E-state index contributed by atoms with van der Waals surface area (Å²) in [5, 5.41) is 11.8. The molecule has 0 atom stereocenters. The molecule has 0 heterocycles. The molecule has 2 aliphatic rings. The van der Waals surface area contributed by atoms with Gasteiger partial charge in [0.2, 0.25) is 0 Å². The first-order valence-corrected chi connectivity index (χ1v) is 14.2. The van der Waals surface area contributed by atoms with Crippen molar-refractivity contribution < 1.29 is 9.59 Å². The van der Waals surface area contributed by atoms with E-state index in [1.165, 1.54) is 44.5 Å². The predicted octanol–water partition coefficient (Wildman–Crippen LogP) is 7.33. The van der Waals surface area contributed by atoms with Crippen molar-refractivity contribution in [3.63, 3.8) is 0 Å². The maximum Gasteiger partial charge on any atom is 0.319 e. The zero-order valence-corrected chi connectivity index (χ0v) is 22.6. The maximum absolute atomic E-state index is 12.3. The molecule has 4 aromatic rings. The van der Waals surface area contributed by atoms with Crippen molar-refractivity contribution in [1.82, 2.24) is 10.6 Å². The molecule has 0 radical (unpaired) electrons. The Morgan fingerprint density at radius 2 is 0.925 bits per heavy atom. The van der Waals surface area contributed by atoms with Crippen molar-refractivity contribution in [2.24, 2.45) is 0 Å². The Kier molecular flexibility index (Phi) is 7.49. The molecule has 0 unspecified atom stereocenters. The number of carbonyl (C=O) groups excluding carboxylic acids is 2. The molecule has 0 aliphatic heterocycles. The third-order valence-electron chi connectivity index (χ3n) is 7.78. The van der Waals surface area contributed by atoms with E-state index >= 15 is 0 Å². The van der Waals surface area contributed by atoms with Crippen LogP contribution in [0.1, 0.15) is 47.9 Å². The molecule has 0 fully saturated rings. The Morgan fingerprint density at radius 1 is 0.500 bits per heavy atom. The summed E-state index contributed by atoms with van der Waals surface area (Å²) < 4.78 is 0. The van der Waals surface area contributed by atoms with Crippen LogP contribution in [0.15, 0.2) is 84.9 Å². The summed E-state index contributed by atoms with van der Waals surface area (Å²) in [6.07, 6.45) is 5.59. The minimum Gasteiger partial charge on any atom is -0.338 e. The van der Waals surface area contributed by atoms with Gasteiger partial charge in [-0.15, -0.1) is 0 Å². The molecule has 2 aliphatic carbocycles. The number of urea groups is 2. The second-order valence-electron chi connectivity index (χ2n) is 10.6. The maximum atomic E-state index is 12.3. The lowest BCUT2D eigenvalue weighted by Crippen LogP contribution is -2.30. The van der Waals surface area contributed by atoms with Crippen LogP contribution in [0.25, 0.3) is 22.3 Å². The molecule has 202 valence electrons. The number of unbranched alkanes of at least 4 members (excludes halogenated alkanes) is 3. The van der Waals surface area contributed by atoms with Crippen molar-refractivity contribution in [1.29, 1.82) is 0 Å². The lowest BCUT2D eigenvalue weighted by atomic mass is 10.1. The SMILES string of the molecule is O=C(NCCCCCCNC(=O)Nc1ccc2c(c1)Cc1ccccc1-2)Nc1ccc2c(c1)Cc1ccccc1-2. The van der Waals surface area contributed by atoms with Gasteiger partial charge in [-0.1, -0.05) is 73.5 Å². The van der Waals surface area contributed by atoms with Crippen molar-refractivity contribution >= 4 is 23.4 Å². The van der Waals surface area contributed by atoms with Gasteiger partial charge in [-0.3, -0.25) is 0 Å². The fourth-order valence-electron chi connectivity index (χ4n) is 5.80. The first kappa shape index (κ1) is 25.7. The average Bonchev–Trinajstić information content (AvgIpc) is 3.51. The lowest BCUT2D eigenvalue weighted by Gasteiger charge is -2.10. The van der Waals surface area contributed by atoms with Crippen LogP contribution in [0.2, 0.25) is 0 Å². The van der Waals surface area contributed by atoms with Gasteiger partial charge in [0, 0.05) is 24.5 Å². The van der Waals surface area contributed by atoms with E-state index in [1.54, 1.807) is 0 Å². The van der Waals surface area contributed by atoms with Crippen LogP contribution in [-0.4, -0.2) is 25.2 Å². The molecule has 4 amide bonds. The van der Waals surface area contributed by atoms with E-state index in [-0.39, 0.29) is 12.1 Å². The number of rotatable bonds is 9. The van der Waals surface area contributed by atoms with Crippen LogP contribution >= 0.6 is 0 Å². The lowest BCUT2D eigenvalue weighted by molar-refractivity contribution is 0.250. The van der Waals surface area contributed by atoms with Gasteiger partial charge in [-0.25, -0.2) is 9.59 Å². The Bertz CT molecular complexity index is 1440. The fraction of sp³-hybridized carbons (Fsp3) is 0.235. The van der Waals surface area contributed by atoms with Gasteiger partial charge in [-0.2, -0.15) is 0 Å². The molecule has 0 saturated carbocycles. The molecule has 0 spiro atoms. The zero-order chi connectivity index (χ0) is 27.3. The minimum absolute atomic E-state index is 0.177. The third kappa shape index (κ3) is 5.71. The van der Waals surface area contributed by atoms with Gasteiger partial charge in [0.1, 0.15) is 0 Å². The summed E-state index contributed by atoms with van der Waals surface area (Å²) in [7, 11) is 0. The van der Waals surface area contributed by atoms with Crippen LogP contribution in [-0.2, 0) is 12.8 Å². The van der Waals surface area contributed by atoms with Crippen LogP contribution in [0.5, 0.6) is 0 Å². The summed E-state index contributed by atoms with van der Waals surface area (Å²) in [4.78, 5) is 24.7. The molecule has 0 bridgehead atoms. The first-order chi connectivity index (χ1) is 19.6. The van der Waals surface area contributed by atoms with Crippen LogP contribution in [0.4, 0.5) is 21.0 Å². The molecule has 6 rings (SSSR count). The Labute approximate surface area is 235 Å². The van der Waals surface area contributed by atoms with Gasteiger partial charge < -0.3 is 21.3 Å². The summed E-state index contributed by atoms with van der Waals surface area (Å²) in [5.41, 5.74) is 11.9. The fourth-order valence-corrected chi connectivity index (χ4v) is 5.80. The van der Waals surface area contributed by atoms with Crippen molar-refractivity contribution in [2.45, 2.75) is 38.5 Å². The predicted molar refractivity (Wildman–Crippen MR) is 162 cm³/mol. The highest BCUT2D eigenvalue weighted by Gasteiger charge is 2.19. The van der Waals surface area contributed by atoms with Crippen LogP contribution in [0, 0.1) is 0 Å². The second kappa shape index (κ2) is 11.7. The number of amides is 4. The summed E-state index contributed by atoms with van der Waals surface area (Å²) in [6, 6.07) is 28.8. The van der Waals surface area contributed by atoms with Gasteiger partial charge in [-0.05, 0) is 94.5 Å². The van der Waals surface area contributed by atoms with E-state index in [9.17, 15) is 9.59 Å². The monoisotopic (exact) mass is 530 g/mol. The molecule has 4 aromatic carbocycles. The van der Waals surface area contributed by atoms with E-state index in [4.69, 9.17) is 0 Å². The van der Waals surface area contributed by atoms with E-state index in [0.717, 1.165) is 49.9 Å². The highest BCUT2D eigenvalue weighted by molar-refractivity contribution is 5.91. The van der Waals surface area contributed by atoms with E-state index in [2.05, 4.69) is 94.1 Å². The van der Waals surface area contributed by atoms with Crippen LogP contribution in [0.3, 0.4) is 0 Å². The molecule has 0 saturated heterocycles. The van der Waals surface area contributed by atoms with Gasteiger partial charge in [0.05, 0.1) is 0 Å². The Balaban J connectivity index is 0.838. The van der Waals surface area contributed by atoms with Gasteiger partial charge >= 0.3 is 12.1 Å². The molecule has 0 aromatic heterocycles. The summed E-state index contributed by atoms with van der Waals surface area (Å²) >= 11 is 0. The summed E-state index contributed by atoms with van der Waals surface area (Å²) in [5.74, 6) is 0. The Hall–Kier alpha value is -4.58. The average molecular weight is 531 g/mol. The molecule has 6 nitrogen and oxygen atoms in total. The van der Waals surface area contributed by atoms with Gasteiger partial charge in [0.15, 0.2) is 0 Å². The van der Waals surface area contributed by atoms with Crippen LogP contribution < -0.4 is 21.3 Å². The third-order valence-corrected chi connectivity index (χ3v) is 7.78. The largest absolute Gasteiger partial charge is 0.338 e. The number of benzene rings is 4. The number of nitrogens with one attached hydrogen (secondary N) is 4. The first-order valence-electron chi connectivity index (χ1n) is 14.2. The number of hydrogen-bond donors (Lipinski definition) is 4. The van der Waals surface area contributed by atoms with Gasteiger partial charge in [0.25, 0.3) is 0 Å². The zero-order valence-electron chi connectivity index (χ0n) is 22.6. The van der Waals surface area contributed by atoms with Crippen molar-refractivity contribution in [3.05, 3.63) is 107 Å².